The standard InChI is InChI=1S/C51H31N3O2/c1-2-11-34(12-3-1)51-53-44(30-45(54-51)40-15-5-4-14-37(40)36-13-10-28-52-31-36)33-22-20-32(21-23-33)38-26-27-39(50-49(38)43-17-7-9-19-47(43)56-50)35-24-25-42-41-16-6-8-18-46(41)55-48(42)29-35/h1-31H. The molecule has 0 aliphatic heterocycles. The van der Waals surface area contributed by atoms with E-state index in [-0.39, 0.29) is 0 Å². The molecule has 4 heterocycles. The van der Waals surface area contributed by atoms with E-state index in [4.69, 9.17) is 18.8 Å². The van der Waals surface area contributed by atoms with Gasteiger partial charge in [0.05, 0.1) is 11.4 Å². The number of rotatable bonds is 6. The maximum atomic E-state index is 6.66. The zero-order valence-electron chi connectivity index (χ0n) is 30.1. The highest BCUT2D eigenvalue weighted by atomic mass is 16.3. The van der Waals surface area contributed by atoms with E-state index in [0.717, 1.165) is 105 Å². The summed E-state index contributed by atoms with van der Waals surface area (Å²) in [7, 11) is 0. The van der Waals surface area contributed by atoms with E-state index in [1.54, 1.807) is 6.20 Å². The summed E-state index contributed by atoms with van der Waals surface area (Å²) < 4.78 is 12.9. The Hall–Kier alpha value is -7.63. The maximum Gasteiger partial charge on any atom is 0.160 e. The number of furan rings is 2. The Balaban J connectivity index is 1.03. The molecule has 0 saturated heterocycles. The number of fused-ring (bicyclic) bond motifs is 6. The van der Waals surface area contributed by atoms with E-state index in [0.29, 0.717) is 5.82 Å². The first-order chi connectivity index (χ1) is 27.7. The number of para-hydroxylation sites is 2. The van der Waals surface area contributed by atoms with Crippen LogP contribution in [-0.2, 0) is 0 Å². The molecule has 11 rings (SSSR count). The molecule has 11 aromatic rings. The largest absolute Gasteiger partial charge is 0.456 e. The SMILES string of the molecule is c1ccc(-c2nc(-c3ccc(-c4ccc(-c5ccc6c(c5)oc5ccccc56)c5oc6ccccc6c45)cc3)cc(-c3ccccc3-c3cccnc3)n2)cc1. The number of hydrogen-bond acceptors (Lipinski definition) is 5. The summed E-state index contributed by atoms with van der Waals surface area (Å²) in [6, 6.07) is 60.6. The molecule has 5 nitrogen and oxygen atoms in total. The molecule has 0 N–H and O–H groups in total. The molecule has 4 aromatic heterocycles. The predicted octanol–water partition coefficient (Wildman–Crippen LogP) is 13.7. The molecule has 0 aliphatic carbocycles. The zero-order valence-corrected chi connectivity index (χ0v) is 30.1. The topological polar surface area (TPSA) is 65.0 Å². The average molecular weight is 718 g/mol. The molecule has 262 valence electrons. The molecule has 0 bridgehead atoms. The first kappa shape index (κ1) is 31.9. The van der Waals surface area contributed by atoms with Gasteiger partial charge in [-0.15, -0.1) is 0 Å². The van der Waals surface area contributed by atoms with Crippen LogP contribution in [0.15, 0.2) is 197 Å². The highest BCUT2D eigenvalue weighted by Crippen LogP contribution is 2.43. The lowest BCUT2D eigenvalue weighted by Gasteiger charge is -2.13. The Labute approximate surface area is 322 Å². The maximum absolute atomic E-state index is 6.66. The van der Waals surface area contributed by atoms with Gasteiger partial charge in [0.25, 0.3) is 0 Å². The van der Waals surface area contributed by atoms with Crippen molar-refractivity contribution in [1.29, 1.82) is 0 Å². The third-order valence-corrected chi connectivity index (χ3v) is 10.6. The van der Waals surface area contributed by atoms with Crippen LogP contribution in [0.1, 0.15) is 0 Å². The second-order valence-electron chi connectivity index (χ2n) is 14.0. The van der Waals surface area contributed by atoms with Crippen LogP contribution in [0, 0.1) is 0 Å². The summed E-state index contributed by atoms with van der Waals surface area (Å²) in [5.41, 5.74) is 14.5. The monoisotopic (exact) mass is 717 g/mol. The van der Waals surface area contributed by atoms with Gasteiger partial charge in [0.1, 0.15) is 22.3 Å². The number of pyridine rings is 1. The number of benzene rings is 7. The molecule has 0 aliphatic rings. The molecule has 5 heteroatoms. The predicted molar refractivity (Wildman–Crippen MR) is 227 cm³/mol. The lowest BCUT2D eigenvalue weighted by atomic mass is 9.93. The van der Waals surface area contributed by atoms with Gasteiger partial charge in [-0.2, -0.15) is 0 Å². The minimum absolute atomic E-state index is 0.672. The third kappa shape index (κ3) is 5.37. The van der Waals surface area contributed by atoms with Gasteiger partial charge in [0, 0.05) is 61.8 Å². The Morgan fingerprint density at radius 3 is 1.82 bits per heavy atom. The highest BCUT2D eigenvalue weighted by molar-refractivity contribution is 6.17. The normalized spacial score (nSPS) is 11.6. The second-order valence-corrected chi connectivity index (χ2v) is 14.0. The van der Waals surface area contributed by atoms with Crippen molar-refractivity contribution in [1.82, 2.24) is 15.0 Å². The van der Waals surface area contributed by atoms with Crippen LogP contribution in [0.2, 0.25) is 0 Å². The lowest BCUT2D eigenvalue weighted by molar-refractivity contribution is 0.668. The molecule has 0 fully saturated rings. The van der Waals surface area contributed by atoms with E-state index in [9.17, 15) is 0 Å². The van der Waals surface area contributed by atoms with Crippen LogP contribution < -0.4 is 0 Å². The van der Waals surface area contributed by atoms with Gasteiger partial charge in [0.2, 0.25) is 0 Å². The smallest absolute Gasteiger partial charge is 0.160 e. The van der Waals surface area contributed by atoms with Gasteiger partial charge in [0.15, 0.2) is 5.82 Å². The molecule has 0 spiro atoms. The van der Waals surface area contributed by atoms with Crippen molar-refractivity contribution in [3.8, 4) is 67.3 Å². The summed E-state index contributed by atoms with van der Waals surface area (Å²) in [4.78, 5) is 14.6. The highest BCUT2D eigenvalue weighted by Gasteiger charge is 2.19. The van der Waals surface area contributed by atoms with Crippen molar-refractivity contribution >= 4 is 43.9 Å². The van der Waals surface area contributed by atoms with Crippen molar-refractivity contribution in [3.63, 3.8) is 0 Å². The summed E-state index contributed by atoms with van der Waals surface area (Å²) in [6.07, 6.45) is 3.69. The van der Waals surface area contributed by atoms with Crippen molar-refractivity contribution in [2.24, 2.45) is 0 Å². The van der Waals surface area contributed by atoms with Crippen molar-refractivity contribution in [3.05, 3.63) is 188 Å². The fourth-order valence-corrected chi connectivity index (χ4v) is 7.94. The van der Waals surface area contributed by atoms with Gasteiger partial charge < -0.3 is 8.83 Å². The summed E-state index contributed by atoms with van der Waals surface area (Å²) in [5.74, 6) is 0.672. The van der Waals surface area contributed by atoms with Crippen molar-refractivity contribution in [2.75, 3.05) is 0 Å². The van der Waals surface area contributed by atoms with Gasteiger partial charge in [-0.25, -0.2) is 9.97 Å². The molecular formula is C51H31N3O2. The van der Waals surface area contributed by atoms with Crippen molar-refractivity contribution < 1.29 is 8.83 Å². The summed E-state index contributed by atoms with van der Waals surface area (Å²) >= 11 is 0. The van der Waals surface area contributed by atoms with Crippen LogP contribution in [0.5, 0.6) is 0 Å². The lowest BCUT2D eigenvalue weighted by Crippen LogP contribution is -1.97. The molecule has 0 amide bonds. The number of nitrogens with zero attached hydrogens (tertiary/aromatic N) is 3. The Morgan fingerprint density at radius 1 is 0.357 bits per heavy atom. The summed E-state index contributed by atoms with van der Waals surface area (Å²) in [5, 5.41) is 4.38. The van der Waals surface area contributed by atoms with Gasteiger partial charge in [-0.3, -0.25) is 4.98 Å². The van der Waals surface area contributed by atoms with Crippen molar-refractivity contribution in [2.45, 2.75) is 0 Å². The summed E-state index contributed by atoms with van der Waals surface area (Å²) in [6.45, 7) is 0. The Kier molecular flexibility index (Phi) is 7.42. The quantitative estimate of drug-likeness (QED) is 0.171. The average Bonchev–Trinajstić information content (AvgIpc) is 3.85. The molecule has 56 heavy (non-hydrogen) atoms. The first-order valence-electron chi connectivity index (χ1n) is 18.7. The van der Waals surface area contributed by atoms with Gasteiger partial charge >= 0.3 is 0 Å². The van der Waals surface area contributed by atoms with E-state index in [1.165, 1.54) is 0 Å². The minimum Gasteiger partial charge on any atom is -0.456 e. The molecule has 0 saturated carbocycles. The first-order valence-corrected chi connectivity index (χ1v) is 18.7. The number of aromatic nitrogens is 3. The van der Waals surface area contributed by atoms with Crippen LogP contribution in [0.25, 0.3) is 111 Å². The number of hydrogen-bond donors (Lipinski definition) is 0. The van der Waals surface area contributed by atoms with E-state index >= 15 is 0 Å². The minimum atomic E-state index is 0.672. The van der Waals surface area contributed by atoms with Gasteiger partial charge in [-0.1, -0.05) is 133 Å². The van der Waals surface area contributed by atoms with Gasteiger partial charge in [-0.05, 0) is 64.7 Å². The molecule has 0 atom stereocenters. The van der Waals surface area contributed by atoms with Crippen LogP contribution in [-0.4, -0.2) is 15.0 Å². The fraction of sp³-hybridized carbons (Fsp3) is 0. The van der Waals surface area contributed by atoms with E-state index < -0.39 is 0 Å². The van der Waals surface area contributed by atoms with E-state index in [2.05, 4.69) is 126 Å². The second kappa shape index (κ2) is 13.0. The Bertz CT molecular complexity index is 3240. The molecular weight excluding hydrogens is 687 g/mol. The fourth-order valence-electron chi connectivity index (χ4n) is 7.94. The zero-order chi connectivity index (χ0) is 37.0. The van der Waals surface area contributed by atoms with E-state index in [1.807, 2.05) is 60.8 Å². The molecule has 0 unspecified atom stereocenters. The van der Waals surface area contributed by atoms with Crippen LogP contribution >= 0.6 is 0 Å². The van der Waals surface area contributed by atoms with Crippen LogP contribution in [0.3, 0.4) is 0 Å². The van der Waals surface area contributed by atoms with Crippen LogP contribution in [0.4, 0.5) is 0 Å². The third-order valence-electron chi connectivity index (χ3n) is 10.6. The molecule has 7 aromatic carbocycles. The molecule has 0 radical (unpaired) electrons. The Morgan fingerprint density at radius 2 is 1.00 bits per heavy atom.